The van der Waals surface area contributed by atoms with Crippen LogP contribution in [0, 0.1) is 12.1 Å². The first-order chi connectivity index (χ1) is 3.93. The Morgan fingerprint density at radius 1 is 1.62 bits per heavy atom. The smallest absolute Gasteiger partial charge is 0.0525 e. The summed E-state index contributed by atoms with van der Waals surface area (Å²) < 4.78 is 0. The van der Waals surface area contributed by atoms with Gasteiger partial charge in [-0.2, -0.15) is 0 Å². The molecule has 0 aromatic heterocycles. The molecule has 0 bridgehead atoms. The summed E-state index contributed by atoms with van der Waals surface area (Å²) in [4.78, 5) is 0. The molecule has 1 heteroatoms. The third kappa shape index (κ3) is 1.20. The SMILES string of the molecule is C[SiH2]c1[c][c]ccc1. The lowest BCUT2D eigenvalue weighted by molar-refractivity contribution is 1.73. The van der Waals surface area contributed by atoms with Gasteiger partial charge in [0.2, 0.25) is 0 Å². The van der Waals surface area contributed by atoms with Crippen molar-refractivity contribution in [1.82, 2.24) is 0 Å². The van der Waals surface area contributed by atoms with Crippen LogP contribution in [0.5, 0.6) is 0 Å². The number of hydrogen-bond acceptors (Lipinski definition) is 0. The molecule has 1 aromatic rings. The van der Waals surface area contributed by atoms with Gasteiger partial charge in [-0.05, 0) is 12.1 Å². The molecule has 0 nitrogen and oxygen atoms in total. The topological polar surface area (TPSA) is 0 Å². The van der Waals surface area contributed by atoms with Gasteiger partial charge >= 0.3 is 0 Å². The zero-order valence-corrected chi connectivity index (χ0v) is 6.35. The molecule has 0 saturated carbocycles. The van der Waals surface area contributed by atoms with Crippen LogP contribution in [-0.4, -0.2) is 9.52 Å². The Morgan fingerprint density at radius 3 is 2.88 bits per heavy atom. The minimum atomic E-state index is 0.00446. The van der Waals surface area contributed by atoms with Crippen LogP contribution in [0.15, 0.2) is 18.2 Å². The molecule has 0 spiro atoms. The minimum absolute atomic E-state index is 0.00446. The van der Waals surface area contributed by atoms with Gasteiger partial charge < -0.3 is 0 Å². The van der Waals surface area contributed by atoms with Crippen LogP contribution in [0.4, 0.5) is 0 Å². The molecule has 8 heavy (non-hydrogen) atoms. The van der Waals surface area contributed by atoms with Gasteiger partial charge in [0.15, 0.2) is 0 Å². The van der Waals surface area contributed by atoms with Crippen molar-refractivity contribution < 1.29 is 0 Å². The van der Waals surface area contributed by atoms with Crippen molar-refractivity contribution in [2.24, 2.45) is 0 Å². The van der Waals surface area contributed by atoms with Crippen molar-refractivity contribution >= 4 is 14.7 Å². The van der Waals surface area contributed by atoms with Crippen molar-refractivity contribution in [3.63, 3.8) is 0 Å². The summed E-state index contributed by atoms with van der Waals surface area (Å²) in [6.45, 7) is 2.25. The first-order valence-electron chi connectivity index (χ1n) is 2.80. The largest absolute Gasteiger partial charge is 0.0708 e. The summed E-state index contributed by atoms with van der Waals surface area (Å²) in [5.74, 6) is 0. The predicted octanol–water partition coefficient (Wildman–Crippen LogP) is 0.129. The molecule has 0 atom stereocenters. The van der Waals surface area contributed by atoms with Crippen LogP contribution in [0.25, 0.3) is 0 Å². The van der Waals surface area contributed by atoms with E-state index < -0.39 is 0 Å². The Morgan fingerprint density at radius 2 is 2.50 bits per heavy atom. The van der Waals surface area contributed by atoms with Crippen LogP contribution in [-0.2, 0) is 0 Å². The van der Waals surface area contributed by atoms with Crippen LogP contribution in [0.2, 0.25) is 6.55 Å². The Bertz CT molecular complexity index is 146. The molecule has 0 heterocycles. The molecule has 0 aliphatic rings. The summed E-state index contributed by atoms with van der Waals surface area (Å²) in [7, 11) is 0.00446. The molecule has 0 aliphatic carbocycles. The average molecular weight is 120 g/mol. The van der Waals surface area contributed by atoms with Crippen molar-refractivity contribution in [3.05, 3.63) is 30.3 Å². The maximum Gasteiger partial charge on any atom is 0.0525 e. The van der Waals surface area contributed by atoms with Crippen molar-refractivity contribution in [3.8, 4) is 0 Å². The Labute approximate surface area is 52.4 Å². The first-order valence-corrected chi connectivity index (χ1v) is 4.93. The fraction of sp³-hybridized carbons (Fsp3) is 0.143. The van der Waals surface area contributed by atoms with Gasteiger partial charge in [0, 0.05) is 0 Å². The summed E-state index contributed by atoms with van der Waals surface area (Å²) in [5, 5.41) is 1.37. The van der Waals surface area contributed by atoms with Crippen LogP contribution < -0.4 is 5.19 Å². The van der Waals surface area contributed by atoms with E-state index >= 15 is 0 Å². The van der Waals surface area contributed by atoms with E-state index in [-0.39, 0.29) is 9.52 Å². The van der Waals surface area contributed by atoms with E-state index in [9.17, 15) is 0 Å². The van der Waals surface area contributed by atoms with Gasteiger partial charge in [0.25, 0.3) is 0 Å². The summed E-state index contributed by atoms with van der Waals surface area (Å²) in [5.41, 5.74) is 0. The predicted molar refractivity (Wildman–Crippen MR) is 38.2 cm³/mol. The lowest BCUT2D eigenvalue weighted by atomic mass is 10.4. The fourth-order valence-corrected chi connectivity index (χ4v) is 1.25. The fourth-order valence-electron chi connectivity index (χ4n) is 0.595. The lowest BCUT2D eigenvalue weighted by Gasteiger charge is -1.87. The van der Waals surface area contributed by atoms with E-state index in [2.05, 4.69) is 24.7 Å². The highest BCUT2D eigenvalue weighted by atomic mass is 28.2. The van der Waals surface area contributed by atoms with Crippen molar-refractivity contribution in [2.45, 2.75) is 6.55 Å². The van der Waals surface area contributed by atoms with Gasteiger partial charge in [-0.25, -0.2) is 0 Å². The summed E-state index contributed by atoms with van der Waals surface area (Å²) in [6, 6.07) is 12.0. The molecule has 0 unspecified atom stereocenters. The Balaban J connectivity index is 2.83. The summed E-state index contributed by atoms with van der Waals surface area (Å²) >= 11 is 0. The molecule has 1 aromatic carbocycles. The zero-order valence-electron chi connectivity index (χ0n) is 4.94. The van der Waals surface area contributed by atoms with Crippen LogP contribution in [0.1, 0.15) is 0 Å². The highest BCUT2D eigenvalue weighted by Gasteiger charge is 1.82. The molecule has 2 radical (unpaired) electrons. The maximum absolute atomic E-state index is 3.05. The second-order valence-electron chi connectivity index (χ2n) is 1.67. The highest BCUT2D eigenvalue weighted by Crippen LogP contribution is 1.77. The van der Waals surface area contributed by atoms with E-state index in [4.69, 9.17) is 0 Å². The van der Waals surface area contributed by atoms with E-state index in [0.29, 0.717) is 0 Å². The average Bonchev–Trinajstić information content (AvgIpc) is 1.90. The number of rotatable bonds is 1. The third-order valence-corrected chi connectivity index (χ3v) is 2.26. The summed E-state index contributed by atoms with van der Waals surface area (Å²) in [6.07, 6.45) is 0. The van der Waals surface area contributed by atoms with Gasteiger partial charge in [-0.15, -0.1) is 0 Å². The van der Waals surface area contributed by atoms with Crippen molar-refractivity contribution in [1.29, 1.82) is 0 Å². The van der Waals surface area contributed by atoms with Crippen LogP contribution in [0.3, 0.4) is 0 Å². The molecular weight excluding hydrogens is 112 g/mol. The monoisotopic (exact) mass is 120 g/mol. The maximum atomic E-state index is 3.05. The zero-order chi connectivity index (χ0) is 5.82. The normalized spacial score (nSPS) is 10.6. The van der Waals surface area contributed by atoms with Gasteiger partial charge in [0.05, 0.1) is 9.52 Å². The van der Waals surface area contributed by atoms with E-state index in [1.807, 2.05) is 12.1 Å². The minimum Gasteiger partial charge on any atom is -0.0708 e. The van der Waals surface area contributed by atoms with Crippen LogP contribution >= 0.6 is 0 Å². The molecule has 0 aliphatic heterocycles. The molecule has 1 rings (SSSR count). The Hall–Kier alpha value is -0.563. The number of hydrogen-bond donors (Lipinski definition) is 0. The van der Waals surface area contributed by atoms with E-state index in [1.165, 1.54) is 5.19 Å². The molecular formula is C7H8Si. The van der Waals surface area contributed by atoms with Crippen molar-refractivity contribution in [2.75, 3.05) is 0 Å². The standard InChI is InChI=1S/C7H8Si/c1-8-7-5-3-2-4-6-7/h2-3,5H,8H2,1H3. The highest BCUT2D eigenvalue weighted by molar-refractivity contribution is 6.51. The second-order valence-corrected chi connectivity index (χ2v) is 3.14. The third-order valence-electron chi connectivity index (χ3n) is 1.09. The van der Waals surface area contributed by atoms with Gasteiger partial charge in [0.1, 0.15) is 0 Å². The lowest BCUT2D eigenvalue weighted by Crippen LogP contribution is -2.08. The number of benzene rings is 1. The molecule has 0 N–H and O–H groups in total. The second kappa shape index (κ2) is 2.67. The molecule has 40 valence electrons. The first kappa shape index (κ1) is 5.57. The Kier molecular flexibility index (Phi) is 1.86. The molecule has 0 saturated heterocycles. The van der Waals surface area contributed by atoms with Gasteiger partial charge in [-0.3, -0.25) is 0 Å². The van der Waals surface area contributed by atoms with Gasteiger partial charge in [-0.1, -0.05) is 29.9 Å². The van der Waals surface area contributed by atoms with E-state index in [1.54, 1.807) is 0 Å². The quantitative estimate of drug-likeness (QED) is 0.462. The molecule has 0 amide bonds. The molecule has 0 fully saturated rings. The van der Waals surface area contributed by atoms with E-state index in [0.717, 1.165) is 0 Å².